The molecule has 2 aromatic rings. The molecular formula is C22H30N4O3. The lowest BCUT2D eigenvalue weighted by Gasteiger charge is -2.22. The Labute approximate surface area is 172 Å². The SMILES string of the molecule is CCNC(=NCc1cccc(NC(=O)c2ccco2)c1)N(C)CCOCC1CC1. The molecule has 1 fully saturated rings. The number of amides is 1. The van der Waals surface area contributed by atoms with Crippen molar-refractivity contribution < 1.29 is 13.9 Å². The summed E-state index contributed by atoms with van der Waals surface area (Å²) in [6, 6.07) is 11.0. The zero-order valence-electron chi connectivity index (χ0n) is 17.2. The summed E-state index contributed by atoms with van der Waals surface area (Å²) < 4.78 is 10.9. The van der Waals surface area contributed by atoms with Crippen molar-refractivity contribution in [2.75, 3.05) is 38.7 Å². The maximum absolute atomic E-state index is 12.1. The van der Waals surface area contributed by atoms with Crippen molar-refractivity contribution in [3.05, 3.63) is 54.0 Å². The second-order valence-electron chi connectivity index (χ2n) is 7.24. The third kappa shape index (κ3) is 6.94. The number of rotatable bonds is 10. The molecule has 29 heavy (non-hydrogen) atoms. The maximum Gasteiger partial charge on any atom is 0.291 e. The summed E-state index contributed by atoms with van der Waals surface area (Å²) in [7, 11) is 2.02. The monoisotopic (exact) mass is 398 g/mol. The van der Waals surface area contributed by atoms with E-state index in [1.807, 2.05) is 31.3 Å². The second-order valence-corrected chi connectivity index (χ2v) is 7.24. The maximum atomic E-state index is 12.1. The van der Waals surface area contributed by atoms with Gasteiger partial charge in [0.15, 0.2) is 11.7 Å². The molecule has 2 N–H and O–H groups in total. The quantitative estimate of drug-likeness (QED) is 0.364. The molecule has 1 heterocycles. The number of furan rings is 1. The summed E-state index contributed by atoms with van der Waals surface area (Å²) in [6.45, 7) is 5.73. The first-order chi connectivity index (χ1) is 14.2. The van der Waals surface area contributed by atoms with E-state index >= 15 is 0 Å². The Kier molecular flexibility index (Phi) is 7.69. The van der Waals surface area contributed by atoms with Gasteiger partial charge in [0.25, 0.3) is 5.91 Å². The van der Waals surface area contributed by atoms with E-state index in [4.69, 9.17) is 14.1 Å². The first kappa shape index (κ1) is 20.9. The minimum Gasteiger partial charge on any atom is -0.459 e. The lowest BCUT2D eigenvalue weighted by Crippen LogP contribution is -2.40. The van der Waals surface area contributed by atoms with E-state index in [9.17, 15) is 4.79 Å². The van der Waals surface area contributed by atoms with Gasteiger partial charge < -0.3 is 24.7 Å². The summed E-state index contributed by atoms with van der Waals surface area (Å²) in [5.41, 5.74) is 1.72. The number of hydrogen-bond donors (Lipinski definition) is 2. The highest BCUT2D eigenvalue weighted by Gasteiger charge is 2.21. The number of hydrogen-bond acceptors (Lipinski definition) is 4. The number of ether oxygens (including phenoxy) is 1. The Hall–Kier alpha value is -2.80. The molecule has 0 radical (unpaired) electrons. The number of aliphatic imine (C=N–C) groups is 1. The minimum atomic E-state index is -0.269. The molecule has 7 heteroatoms. The Morgan fingerprint density at radius 3 is 2.90 bits per heavy atom. The van der Waals surface area contributed by atoms with E-state index in [1.165, 1.54) is 19.1 Å². The van der Waals surface area contributed by atoms with Crippen molar-refractivity contribution in [2.24, 2.45) is 10.9 Å². The minimum absolute atomic E-state index is 0.269. The van der Waals surface area contributed by atoms with Crippen LogP contribution >= 0.6 is 0 Å². The predicted octanol–water partition coefficient (Wildman–Crippen LogP) is 3.36. The molecule has 0 saturated heterocycles. The lowest BCUT2D eigenvalue weighted by molar-refractivity contribution is 0.0996. The Bertz CT molecular complexity index is 800. The van der Waals surface area contributed by atoms with Gasteiger partial charge in [-0.25, -0.2) is 4.99 Å². The van der Waals surface area contributed by atoms with Crippen LogP contribution in [0.5, 0.6) is 0 Å². The molecule has 1 aliphatic carbocycles. The van der Waals surface area contributed by atoms with Crippen LogP contribution < -0.4 is 10.6 Å². The van der Waals surface area contributed by atoms with Crippen LogP contribution in [0.1, 0.15) is 35.9 Å². The zero-order chi connectivity index (χ0) is 20.5. The second kappa shape index (κ2) is 10.7. The number of nitrogens with zero attached hydrogens (tertiary/aromatic N) is 2. The van der Waals surface area contributed by atoms with Gasteiger partial charge in [0.1, 0.15) is 0 Å². The smallest absolute Gasteiger partial charge is 0.291 e. The van der Waals surface area contributed by atoms with Gasteiger partial charge in [0.05, 0.1) is 19.4 Å². The van der Waals surface area contributed by atoms with Gasteiger partial charge in [0.2, 0.25) is 0 Å². The van der Waals surface area contributed by atoms with E-state index in [1.54, 1.807) is 12.1 Å². The van der Waals surface area contributed by atoms with Crippen LogP contribution in [0.2, 0.25) is 0 Å². The molecule has 0 aliphatic heterocycles. The standard InChI is InChI=1S/C22H30N4O3/c1-3-23-22(26(2)11-13-28-16-17-9-10-17)24-15-18-6-4-7-19(14-18)25-21(27)20-8-5-12-29-20/h4-8,12,14,17H,3,9-11,13,15-16H2,1-2H3,(H,23,24)(H,25,27). The molecular weight excluding hydrogens is 368 g/mol. The first-order valence-electron chi connectivity index (χ1n) is 10.2. The fourth-order valence-corrected chi connectivity index (χ4v) is 2.83. The molecule has 0 unspecified atom stereocenters. The average molecular weight is 399 g/mol. The molecule has 1 amide bonds. The molecule has 0 bridgehead atoms. The third-order valence-electron chi connectivity index (χ3n) is 4.66. The highest BCUT2D eigenvalue weighted by Crippen LogP contribution is 2.28. The van der Waals surface area contributed by atoms with Gasteiger partial charge >= 0.3 is 0 Å². The van der Waals surface area contributed by atoms with E-state index in [0.29, 0.717) is 18.8 Å². The van der Waals surface area contributed by atoms with Crippen molar-refractivity contribution in [3.8, 4) is 0 Å². The number of guanidine groups is 1. The fourth-order valence-electron chi connectivity index (χ4n) is 2.83. The summed E-state index contributed by atoms with van der Waals surface area (Å²) >= 11 is 0. The van der Waals surface area contributed by atoms with Crippen LogP contribution in [-0.4, -0.2) is 50.1 Å². The Balaban J connectivity index is 1.54. The molecule has 1 saturated carbocycles. The molecule has 156 valence electrons. The topological polar surface area (TPSA) is 79.1 Å². The van der Waals surface area contributed by atoms with Gasteiger partial charge in [-0.1, -0.05) is 12.1 Å². The van der Waals surface area contributed by atoms with Crippen LogP contribution in [0.25, 0.3) is 0 Å². The normalized spacial score (nSPS) is 13.9. The van der Waals surface area contributed by atoms with Gasteiger partial charge in [-0.05, 0) is 55.5 Å². The predicted molar refractivity (Wildman–Crippen MR) is 114 cm³/mol. The Morgan fingerprint density at radius 2 is 2.17 bits per heavy atom. The van der Waals surface area contributed by atoms with Crippen molar-refractivity contribution >= 4 is 17.6 Å². The summed E-state index contributed by atoms with van der Waals surface area (Å²) in [5, 5.41) is 6.16. The Morgan fingerprint density at radius 1 is 1.31 bits per heavy atom. The highest BCUT2D eigenvalue weighted by atomic mass is 16.5. The zero-order valence-corrected chi connectivity index (χ0v) is 17.2. The van der Waals surface area contributed by atoms with Crippen LogP contribution in [-0.2, 0) is 11.3 Å². The number of likely N-dealkylation sites (N-methyl/N-ethyl adjacent to an activating group) is 1. The third-order valence-corrected chi connectivity index (χ3v) is 4.66. The number of carbonyl (C=O) groups is 1. The van der Waals surface area contributed by atoms with Crippen molar-refractivity contribution in [1.82, 2.24) is 10.2 Å². The lowest BCUT2D eigenvalue weighted by atomic mass is 10.2. The summed E-state index contributed by atoms with van der Waals surface area (Å²) in [6.07, 6.45) is 4.09. The molecule has 1 aromatic heterocycles. The largest absolute Gasteiger partial charge is 0.459 e. The molecule has 7 nitrogen and oxygen atoms in total. The fraction of sp³-hybridized carbons (Fsp3) is 0.455. The first-order valence-corrected chi connectivity index (χ1v) is 10.2. The number of carbonyl (C=O) groups excluding carboxylic acids is 1. The van der Waals surface area contributed by atoms with E-state index in [2.05, 4.69) is 22.5 Å². The summed E-state index contributed by atoms with van der Waals surface area (Å²) in [5.74, 6) is 1.64. The van der Waals surface area contributed by atoms with Gasteiger partial charge in [-0.2, -0.15) is 0 Å². The summed E-state index contributed by atoms with van der Waals surface area (Å²) in [4.78, 5) is 18.9. The van der Waals surface area contributed by atoms with E-state index in [0.717, 1.165) is 37.1 Å². The van der Waals surface area contributed by atoms with Crippen molar-refractivity contribution in [1.29, 1.82) is 0 Å². The molecule has 1 aliphatic rings. The van der Waals surface area contributed by atoms with Crippen molar-refractivity contribution in [3.63, 3.8) is 0 Å². The molecule has 0 spiro atoms. The average Bonchev–Trinajstić information content (AvgIpc) is 3.38. The molecule has 0 atom stereocenters. The number of benzene rings is 1. The van der Waals surface area contributed by atoms with Crippen LogP contribution in [0.3, 0.4) is 0 Å². The van der Waals surface area contributed by atoms with Gasteiger partial charge in [-0.3, -0.25) is 4.79 Å². The van der Waals surface area contributed by atoms with Crippen LogP contribution in [0.4, 0.5) is 5.69 Å². The van der Waals surface area contributed by atoms with Gasteiger partial charge in [-0.15, -0.1) is 0 Å². The number of nitrogens with one attached hydrogen (secondary N) is 2. The van der Waals surface area contributed by atoms with E-state index in [-0.39, 0.29) is 11.7 Å². The van der Waals surface area contributed by atoms with E-state index < -0.39 is 0 Å². The van der Waals surface area contributed by atoms with Crippen molar-refractivity contribution in [2.45, 2.75) is 26.3 Å². The highest BCUT2D eigenvalue weighted by molar-refractivity contribution is 6.02. The molecule has 1 aromatic carbocycles. The van der Waals surface area contributed by atoms with Gasteiger partial charge in [0, 0.05) is 32.4 Å². The van der Waals surface area contributed by atoms with Crippen LogP contribution in [0, 0.1) is 5.92 Å². The van der Waals surface area contributed by atoms with Crippen LogP contribution in [0.15, 0.2) is 52.1 Å². The molecule has 3 rings (SSSR count). The number of anilines is 1.